The van der Waals surface area contributed by atoms with Gasteiger partial charge in [0.25, 0.3) is 0 Å². The SMILES string of the molecule is CN1CCCN(c2c(Cl)cccc2CCl)CC1. The van der Waals surface area contributed by atoms with Crippen molar-refractivity contribution in [2.24, 2.45) is 0 Å². The van der Waals surface area contributed by atoms with Crippen molar-refractivity contribution in [3.8, 4) is 0 Å². The lowest BCUT2D eigenvalue weighted by Gasteiger charge is -2.26. The van der Waals surface area contributed by atoms with Crippen molar-refractivity contribution in [2.75, 3.05) is 38.1 Å². The van der Waals surface area contributed by atoms with Crippen molar-refractivity contribution in [1.82, 2.24) is 4.90 Å². The van der Waals surface area contributed by atoms with E-state index in [1.165, 1.54) is 6.42 Å². The smallest absolute Gasteiger partial charge is 0.0642 e. The Balaban J connectivity index is 2.26. The van der Waals surface area contributed by atoms with Crippen LogP contribution in [0.3, 0.4) is 0 Å². The number of anilines is 1. The molecule has 0 unspecified atom stereocenters. The van der Waals surface area contributed by atoms with Crippen LogP contribution >= 0.6 is 23.2 Å². The number of alkyl halides is 1. The van der Waals surface area contributed by atoms with E-state index in [1.54, 1.807) is 0 Å². The van der Waals surface area contributed by atoms with Crippen molar-refractivity contribution in [3.05, 3.63) is 28.8 Å². The minimum Gasteiger partial charge on any atom is -0.369 e. The normalized spacial score (nSPS) is 18.2. The van der Waals surface area contributed by atoms with E-state index in [0.29, 0.717) is 5.88 Å². The Morgan fingerprint density at radius 2 is 2.00 bits per heavy atom. The van der Waals surface area contributed by atoms with Crippen LogP contribution in [0.5, 0.6) is 0 Å². The minimum absolute atomic E-state index is 0.516. The standard InChI is InChI=1S/C13H18Cl2N2/c1-16-6-3-7-17(9-8-16)13-11(10-14)4-2-5-12(13)15/h2,4-5H,3,6-10H2,1H3. The minimum atomic E-state index is 0.516. The zero-order valence-electron chi connectivity index (χ0n) is 10.1. The molecule has 0 bridgehead atoms. The summed E-state index contributed by atoms with van der Waals surface area (Å²) in [7, 11) is 2.17. The molecule has 1 aromatic carbocycles. The summed E-state index contributed by atoms with van der Waals surface area (Å²) in [4.78, 5) is 4.72. The monoisotopic (exact) mass is 272 g/mol. The van der Waals surface area contributed by atoms with Gasteiger partial charge in [0, 0.05) is 25.5 Å². The molecule has 4 heteroatoms. The quantitative estimate of drug-likeness (QED) is 0.763. The van der Waals surface area contributed by atoms with Gasteiger partial charge in [-0.25, -0.2) is 0 Å². The molecular weight excluding hydrogens is 255 g/mol. The maximum absolute atomic E-state index is 6.32. The average molecular weight is 273 g/mol. The number of halogens is 2. The Kier molecular flexibility index (Phi) is 4.55. The molecule has 0 aliphatic carbocycles. The van der Waals surface area contributed by atoms with Gasteiger partial charge >= 0.3 is 0 Å². The molecule has 1 fully saturated rings. The molecule has 0 aromatic heterocycles. The van der Waals surface area contributed by atoms with E-state index in [2.05, 4.69) is 22.9 Å². The zero-order valence-corrected chi connectivity index (χ0v) is 11.6. The lowest BCUT2D eigenvalue weighted by molar-refractivity contribution is 0.360. The summed E-state index contributed by atoms with van der Waals surface area (Å²) >= 11 is 12.3. The van der Waals surface area contributed by atoms with Crippen molar-refractivity contribution in [2.45, 2.75) is 12.3 Å². The Morgan fingerprint density at radius 3 is 2.76 bits per heavy atom. The largest absolute Gasteiger partial charge is 0.369 e. The first kappa shape index (κ1) is 13.0. The van der Waals surface area contributed by atoms with Gasteiger partial charge in [-0.2, -0.15) is 0 Å². The third kappa shape index (κ3) is 3.06. The molecule has 1 heterocycles. The summed E-state index contributed by atoms with van der Waals surface area (Å²) in [6, 6.07) is 5.97. The maximum atomic E-state index is 6.32. The molecule has 0 radical (unpaired) electrons. The summed E-state index contributed by atoms with van der Waals surface area (Å²) in [6.45, 7) is 4.30. The van der Waals surface area contributed by atoms with Crippen molar-refractivity contribution in [1.29, 1.82) is 0 Å². The van der Waals surface area contributed by atoms with Gasteiger partial charge in [0.2, 0.25) is 0 Å². The molecule has 2 nitrogen and oxygen atoms in total. The van der Waals surface area contributed by atoms with Crippen LogP contribution in [-0.2, 0) is 5.88 Å². The highest BCUT2D eigenvalue weighted by Crippen LogP contribution is 2.31. The Morgan fingerprint density at radius 1 is 1.18 bits per heavy atom. The zero-order chi connectivity index (χ0) is 12.3. The molecule has 2 rings (SSSR count). The predicted molar refractivity (Wildman–Crippen MR) is 75.3 cm³/mol. The van der Waals surface area contributed by atoms with E-state index in [1.807, 2.05) is 12.1 Å². The molecule has 1 aromatic rings. The number of benzene rings is 1. The molecule has 0 saturated carbocycles. The van der Waals surface area contributed by atoms with Crippen LogP contribution in [0.4, 0.5) is 5.69 Å². The molecule has 1 aliphatic heterocycles. The summed E-state index contributed by atoms with van der Waals surface area (Å²) in [5.41, 5.74) is 2.25. The lowest BCUT2D eigenvalue weighted by Crippen LogP contribution is -2.29. The molecule has 1 aliphatic rings. The summed E-state index contributed by atoms with van der Waals surface area (Å²) in [6.07, 6.45) is 1.17. The number of hydrogen-bond acceptors (Lipinski definition) is 2. The van der Waals surface area contributed by atoms with Crippen molar-refractivity contribution in [3.63, 3.8) is 0 Å². The van der Waals surface area contributed by atoms with Crippen LogP contribution in [0.2, 0.25) is 5.02 Å². The second-order valence-electron chi connectivity index (χ2n) is 4.53. The second-order valence-corrected chi connectivity index (χ2v) is 5.20. The third-order valence-corrected chi connectivity index (χ3v) is 3.84. The van der Waals surface area contributed by atoms with E-state index < -0.39 is 0 Å². The van der Waals surface area contributed by atoms with E-state index in [-0.39, 0.29) is 0 Å². The molecule has 0 spiro atoms. The molecule has 1 saturated heterocycles. The highest BCUT2D eigenvalue weighted by Gasteiger charge is 2.17. The van der Waals surface area contributed by atoms with Crippen LogP contribution in [0, 0.1) is 0 Å². The number of hydrogen-bond donors (Lipinski definition) is 0. The topological polar surface area (TPSA) is 6.48 Å². The van der Waals surface area contributed by atoms with Gasteiger partial charge in [-0.1, -0.05) is 23.7 Å². The summed E-state index contributed by atoms with van der Waals surface area (Å²) in [5, 5.41) is 0.813. The Hall–Kier alpha value is -0.440. The van der Waals surface area contributed by atoms with Crippen molar-refractivity contribution < 1.29 is 0 Å². The molecular formula is C13H18Cl2N2. The molecule has 0 amide bonds. The van der Waals surface area contributed by atoms with Gasteiger partial charge in [-0.3, -0.25) is 0 Å². The van der Waals surface area contributed by atoms with Gasteiger partial charge in [-0.15, -0.1) is 11.6 Å². The number of rotatable bonds is 2. The van der Waals surface area contributed by atoms with Gasteiger partial charge in [0.1, 0.15) is 0 Å². The van der Waals surface area contributed by atoms with Crippen LogP contribution in [-0.4, -0.2) is 38.1 Å². The first-order valence-electron chi connectivity index (χ1n) is 5.99. The fourth-order valence-electron chi connectivity index (χ4n) is 2.29. The van der Waals surface area contributed by atoms with Crippen LogP contribution in [0.1, 0.15) is 12.0 Å². The van der Waals surface area contributed by atoms with Crippen LogP contribution < -0.4 is 4.90 Å². The van der Waals surface area contributed by atoms with E-state index in [4.69, 9.17) is 23.2 Å². The number of nitrogens with zero attached hydrogens (tertiary/aromatic N) is 2. The second kappa shape index (κ2) is 5.94. The fraction of sp³-hybridized carbons (Fsp3) is 0.538. The van der Waals surface area contributed by atoms with E-state index >= 15 is 0 Å². The van der Waals surface area contributed by atoms with Gasteiger partial charge < -0.3 is 9.80 Å². The summed E-state index contributed by atoms with van der Waals surface area (Å²) < 4.78 is 0. The molecule has 94 valence electrons. The van der Waals surface area contributed by atoms with Crippen LogP contribution in [0.15, 0.2) is 18.2 Å². The first-order valence-corrected chi connectivity index (χ1v) is 6.90. The highest BCUT2D eigenvalue weighted by molar-refractivity contribution is 6.33. The number of para-hydroxylation sites is 1. The molecule has 0 atom stereocenters. The summed E-state index contributed by atoms with van der Waals surface area (Å²) in [5.74, 6) is 0.516. The Labute approximate surface area is 113 Å². The van der Waals surface area contributed by atoms with E-state index in [9.17, 15) is 0 Å². The predicted octanol–water partition coefficient (Wildman–Crippen LogP) is 3.22. The van der Waals surface area contributed by atoms with Crippen molar-refractivity contribution >= 4 is 28.9 Å². The molecule has 17 heavy (non-hydrogen) atoms. The van der Waals surface area contributed by atoms with E-state index in [0.717, 1.165) is 42.5 Å². The van der Waals surface area contributed by atoms with Gasteiger partial charge in [-0.05, 0) is 31.6 Å². The van der Waals surface area contributed by atoms with Crippen LogP contribution in [0.25, 0.3) is 0 Å². The lowest BCUT2D eigenvalue weighted by atomic mass is 10.1. The number of likely N-dealkylation sites (N-methyl/N-ethyl adjacent to an activating group) is 1. The van der Waals surface area contributed by atoms with Gasteiger partial charge in [0.15, 0.2) is 0 Å². The highest BCUT2D eigenvalue weighted by atomic mass is 35.5. The maximum Gasteiger partial charge on any atom is 0.0642 e. The van der Waals surface area contributed by atoms with Gasteiger partial charge in [0.05, 0.1) is 10.7 Å². The third-order valence-electron chi connectivity index (χ3n) is 3.25. The molecule has 0 N–H and O–H groups in total. The average Bonchev–Trinajstić information content (AvgIpc) is 2.54. The fourth-order valence-corrected chi connectivity index (χ4v) is 2.82. The Bertz CT molecular complexity index is 382. The first-order chi connectivity index (χ1) is 8.22.